The molecule has 124 valence electrons. The predicted molar refractivity (Wildman–Crippen MR) is 93.1 cm³/mol. The summed E-state index contributed by atoms with van der Waals surface area (Å²) < 4.78 is 7.47. The Morgan fingerprint density at radius 3 is 2.65 bits per heavy atom. The van der Waals surface area contributed by atoms with Crippen molar-refractivity contribution >= 4 is 5.69 Å². The second kappa shape index (κ2) is 8.02. The molecular weight excluding hydrogens is 288 g/mol. The predicted octanol–water partition coefficient (Wildman–Crippen LogP) is 2.49. The number of aryl methyl sites for hydroxylation is 1. The quantitative estimate of drug-likeness (QED) is 0.735. The van der Waals surface area contributed by atoms with Crippen molar-refractivity contribution in [1.29, 1.82) is 0 Å². The number of ether oxygens (including phenoxy) is 1. The third kappa shape index (κ3) is 4.48. The van der Waals surface area contributed by atoms with Crippen LogP contribution in [0.5, 0.6) is 5.75 Å². The molecule has 1 aromatic heterocycles. The molecule has 1 aliphatic rings. The van der Waals surface area contributed by atoms with E-state index in [1.165, 1.54) is 25.1 Å². The molecule has 0 saturated carbocycles. The first-order valence-electron chi connectivity index (χ1n) is 8.42. The first kappa shape index (κ1) is 15.9. The van der Waals surface area contributed by atoms with E-state index >= 15 is 0 Å². The van der Waals surface area contributed by atoms with Crippen LogP contribution in [0.1, 0.15) is 12.8 Å². The summed E-state index contributed by atoms with van der Waals surface area (Å²) >= 11 is 0. The molecule has 5 heteroatoms. The largest absolute Gasteiger partial charge is 0.497 e. The lowest BCUT2D eigenvalue weighted by molar-refractivity contribution is 0.251. The number of hydrogen-bond donors (Lipinski definition) is 0. The molecule has 0 unspecified atom stereocenters. The van der Waals surface area contributed by atoms with Crippen molar-refractivity contribution in [1.82, 2.24) is 14.5 Å². The van der Waals surface area contributed by atoms with E-state index in [9.17, 15) is 0 Å². The molecule has 1 fully saturated rings. The normalized spacial score (nSPS) is 15.8. The Morgan fingerprint density at radius 1 is 1.09 bits per heavy atom. The maximum Gasteiger partial charge on any atom is 0.120 e. The zero-order valence-electron chi connectivity index (χ0n) is 13.9. The molecule has 0 radical (unpaired) electrons. The van der Waals surface area contributed by atoms with E-state index in [0.29, 0.717) is 0 Å². The maximum absolute atomic E-state index is 5.32. The summed E-state index contributed by atoms with van der Waals surface area (Å²) in [5.74, 6) is 0.935. The van der Waals surface area contributed by atoms with Crippen LogP contribution in [-0.2, 0) is 6.54 Å². The molecule has 0 atom stereocenters. The highest BCUT2D eigenvalue weighted by molar-refractivity contribution is 5.51. The lowest BCUT2D eigenvalue weighted by Crippen LogP contribution is -2.46. The second-order valence-electron chi connectivity index (χ2n) is 6.04. The molecule has 0 aliphatic carbocycles. The zero-order chi connectivity index (χ0) is 15.9. The van der Waals surface area contributed by atoms with E-state index in [0.717, 1.165) is 38.5 Å². The molecule has 5 nitrogen and oxygen atoms in total. The van der Waals surface area contributed by atoms with Gasteiger partial charge in [0.1, 0.15) is 5.75 Å². The Morgan fingerprint density at radius 2 is 1.91 bits per heavy atom. The summed E-state index contributed by atoms with van der Waals surface area (Å²) in [6.45, 7) is 6.73. The Labute approximate surface area is 138 Å². The van der Waals surface area contributed by atoms with E-state index < -0.39 is 0 Å². The minimum Gasteiger partial charge on any atom is -0.497 e. The van der Waals surface area contributed by atoms with Gasteiger partial charge in [0.2, 0.25) is 0 Å². The van der Waals surface area contributed by atoms with Crippen molar-refractivity contribution in [2.24, 2.45) is 0 Å². The van der Waals surface area contributed by atoms with Gasteiger partial charge in [0.05, 0.1) is 13.4 Å². The van der Waals surface area contributed by atoms with Crippen LogP contribution in [0.2, 0.25) is 0 Å². The van der Waals surface area contributed by atoms with Crippen molar-refractivity contribution in [3.63, 3.8) is 0 Å². The number of anilines is 1. The van der Waals surface area contributed by atoms with Crippen LogP contribution in [-0.4, -0.2) is 54.3 Å². The maximum atomic E-state index is 5.32. The van der Waals surface area contributed by atoms with Crippen LogP contribution in [0.3, 0.4) is 0 Å². The summed E-state index contributed by atoms with van der Waals surface area (Å²) in [5, 5.41) is 0. The van der Waals surface area contributed by atoms with Gasteiger partial charge in [-0.2, -0.15) is 0 Å². The van der Waals surface area contributed by atoms with Gasteiger partial charge in [0, 0.05) is 56.9 Å². The smallest absolute Gasteiger partial charge is 0.120 e. The second-order valence-corrected chi connectivity index (χ2v) is 6.04. The minimum atomic E-state index is 0.935. The fourth-order valence-corrected chi connectivity index (χ4v) is 3.09. The third-order valence-corrected chi connectivity index (χ3v) is 4.49. The number of imidazole rings is 1. The summed E-state index contributed by atoms with van der Waals surface area (Å²) in [7, 11) is 1.72. The first-order chi connectivity index (χ1) is 11.3. The topological polar surface area (TPSA) is 33.5 Å². The molecule has 1 saturated heterocycles. The van der Waals surface area contributed by atoms with Gasteiger partial charge < -0.3 is 14.2 Å². The van der Waals surface area contributed by atoms with Gasteiger partial charge in [0.25, 0.3) is 0 Å². The lowest BCUT2D eigenvalue weighted by atomic mass is 10.2. The Bertz CT molecular complexity index is 576. The van der Waals surface area contributed by atoms with E-state index in [-0.39, 0.29) is 0 Å². The standard InChI is InChI=1S/C18H26N4O/c1-23-18-6-4-5-17(15-18)22-13-11-20(12-14-22)8-2-3-9-21-10-7-19-16-21/h4-7,10,15-16H,2-3,8-9,11-14H2,1H3. The van der Waals surface area contributed by atoms with Gasteiger partial charge in [-0.25, -0.2) is 4.98 Å². The van der Waals surface area contributed by atoms with E-state index in [1.54, 1.807) is 7.11 Å². The average molecular weight is 314 g/mol. The molecule has 0 bridgehead atoms. The third-order valence-electron chi connectivity index (χ3n) is 4.49. The summed E-state index contributed by atoms with van der Waals surface area (Å²) in [6, 6.07) is 8.36. The summed E-state index contributed by atoms with van der Waals surface area (Å²) in [6.07, 6.45) is 8.24. The van der Waals surface area contributed by atoms with Gasteiger partial charge in [-0.15, -0.1) is 0 Å². The van der Waals surface area contributed by atoms with E-state index in [4.69, 9.17) is 4.74 Å². The Balaban J connectivity index is 1.38. The molecule has 0 amide bonds. The monoisotopic (exact) mass is 314 g/mol. The van der Waals surface area contributed by atoms with Crippen molar-refractivity contribution in [3.05, 3.63) is 43.0 Å². The molecule has 2 aromatic rings. The molecule has 0 N–H and O–H groups in total. The molecule has 0 spiro atoms. The molecule has 1 aromatic carbocycles. The minimum absolute atomic E-state index is 0.935. The Hall–Kier alpha value is -2.01. The molecule has 2 heterocycles. The van der Waals surface area contributed by atoms with Gasteiger partial charge in [-0.05, 0) is 31.5 Å². The first-order valence-corrected chi connectivity index (χ1v) is 8.42. The van der Waals surface area contributed by atoms with Gasteiger partial charge >= 0.3 is 0 Å². The highest BCUT2D eigenvalue weighted by Gasteiger charge is 2.16. The van der Waals surface area contributed by atoms with Crippen molar-refractivity contribution in [2.45, 2.75) is 19.4 Å². The Kier molecular flexibility index (Phi) is 5.53. The molecule has 3 rings (SSSR count). The number of benzene rings is 1. The van der Waals surface area contributed by atoms with Crippen LogP contribution in [0.4, 0.5) is 5.69 Å². The fourth-order valence-electron chi connectivity index (χ4n) is 3.09. The van der Waals surface area contributed by atoms with E-state index in [2.05, 4.69) is 37.5 Å². The number of aromatic nitrogens is 2. The number of rotatable bonds is 7. The fraction of sp³-hybridized carbons (Fsp3) is 0.500. The van der Waals surface area contributed by atoms with Crippen LogP contribution >= 0.6 is 0 Å². The van der Waals surface area contributed by atoms with Crippen molar-refractivity contribution in [3.8, 4) is 5.75 Å². The van der Waals surface area contributed by atoms with Crippen LogP contribution in [0.15, 0.2) is 43.0 Å². The summed E-state index contributed by atoms with van der Waals surface area (Å²) in [4.78, 5) is 9.10. The van der Waals surface area contributed by atoms with E-state index in [1.807, 2.05) is 24.8 Å². The number of unbranched alkanes of at least 4 members (excludes halogenated alkanes) is 1. The molecule has 1 aliphatic heterocycles. The highest BCUT2D eigenvalue weighted by Crippen LogP contribution is 2.22. The lowest BCUT2D eigenvalue weighted by Gasteiger charge is -2.36. The molecule has 23 heavy (non-hydrogen) atoms. The van der Waals surface area contributed by atoms with Gasteiger partial charge in [0.15, 0.2) is 0 Å². The number of nitrogens with zero attached hydrogens (tertiary/aromatic N) is 4. The molecular formula is C18H26N4O. The van der Waals surface area contributed by atoms with Crippen LogP contribution < -0.4 is 9.64 Å². The summed E-state index contributed by atoms with van der Waals surface area (Å²) in [5.41, 5.74) is 1.27. The number of piperazine rings is 1. The average Bonchev–Trinajstić information content (AvgIpc) is 3.13. The van der Waals surface area contributed by atoms with Crippen molar-refractivity contribution in [2.75, 3.05) is 44.7 Å². The van der Waals surface area contributed by atoms with Crippen LogP contribution in [0.25, 0.3) is 0 Å². The van der Waals surface area contributed by atoms with Gasteiger partial charge in [-0.1, -0.05) is 6.07 Å². The zero-order valence-corrected chi connectivity index (χ0v) is 13.9. The number of methoxy groups -OCH3 is 1. The highest BCUT2D eigenvalue weighted by atomic mass is 16.5. The van der Waals surface area contributed by atoms with Crippen molar-refractivity contribution < 1.29 is 4.74 Å². The SMILES string of the molecule is COc1cccc(N2CCN(CCCCn3ccnc3)CC2)c1. The van der Waals surface area contributed by atoms with Crippen LogP contribution in [0, 0.1) is 0 Å². The number of hydrogen-bond acceptors (Lipinski definition) is 4. The van der Waals surface area contributed by atoms with Gasteiger partial charge in [-0.3, -0.25) is 4.90 Å².